The first-order valence-electron chi connectivity index (χ1n) is 6.01. The van der Waals surface area contributed by atoms with Gasteiger partial charge < -0.3 is 15.0 Å². The van der Waals surface area contributed by atoms with E-state index in [9.17, 15) is 0 Å². The summed E-state index contributed by atoms with van der Waals surface area (Å²) in [5, 5.41) is 4.31. The molecule has 0 aromatic carbocycles. The minimum Gasteiger partial charge on any atom is -0.383 e. The Morgan fingerprint density at radius 1 is 1.41 bits per heavy atom. The molecule has 6 heteroatoms. The van der Waals surface area contributed by atoms with Crippen molar-refractivity contribution in [1.82, 2.24) is 14.7 Å². The number of nitrogens with zero attached hydrogens (tertiary/aromatic N) is 3. The van der Waals surface area contributed by atoms with E-state index in [4.69, 9.17) is 4.74 Å². The molecular weight excluding hydrogens is 236 g/mol. The van der Waals surface area contributed by atoms with E-state index < -0.39 is 0 Å². The summed E-state index contributed by atoms with van der Waals surface area (Å²) in [4.78, 5) is 6.63. The van der Waals surface area contributed by atoms with E-state index in [0.717, 1.165) is 50.0 Å². The molecule has 1 N–H and O–H groups in total. The van der Waals surface area contributed by atoms with Crippen LogP contribution in [0.2, 0.25) is 0 Å². The SMILES string of the molecule is CCCc1nsc(N(C)CCNCCOC)n1. The Morgan fingerprint density at radius 2 is 2.24 bits per heavy atom. The fourth-order valence-corrected chi connectivity index (χ4v) is 2.06. The molecule has 0 aliphatic heterocycles. The first kappa shape index (κ1) is 14.3. The third-order valence-corrected chi connectivity index (χ3v) is 3.23. The van der Waals surface area contributed by atoms with Crippen molar-refractivity contribution in [3.8, 4) is 0 Å². The van der Waals surface area contributed by atoms with Crippen molar-refractivity contribution in [1.29, 1.82) is 0 Å². The Hall–Kier alpha value is -0.720. The second-order valence-corrected chi connectivity index (χ2v) is 4.64. The van der Waals surface area contributed by atoms with Crippen LogP contribution in [0.3, 0.4) is 0 Å². The van der Waals surface area contributed by atoms with Crippen LogP contribution < -0.4 is 10.2 Å². The van der Waals surface area contributed by atoms with Gasteiger partial charge in [0.25, 0.3) is 0 Å². The van der Waals surface area contributed by atoms with Gasteiger partial charge >= 0.3 is 0 Å². The topological polar surface area (TPSA) is 50.3 Å². The van der Waals surface area contributed by atoms with Gasteiger partial charge in [0.15, 0.2) is 0 Å². The van der Waals surface area contributed by atoms with Gasteiger partial charge in [0.1, 0.15) is 5.82 Å². The number of ether oxygens (including phenoxy) is 1. The van der Waals surface area contributed by atoms with Crippen LogP contribution in [0, 0.1) is 0 Å². The van der Waals surface area contributed by atoms with Crippen LogP contribution in [0.4, 0.5) is 5.13 Å². The Morgan fingerprint density at radius 3 is 2.94 bits per heavy atom. The average molecular weight is 258 g/mol. The van der Waals surface area contributed by atoms with Crippen LogP contribution in [-0.4, -0.2) is 49.8 Å². The van der Waals surface area contributed by atoms with Crippen LogP contribution >= 0.6 is 11.5 Å². The maximum atomic E-state index is 4.97. The largest absolute Gasteiger partial charge is 0.383 e. The standard InChI is InChI=1S/C11H22N4OS/c1-4-5-10-13-11(17-14-10)15(2)8-6-12-7-9-16-3/h12H,4-9H2,1-3H3. The van der Waals surface area contributed by atoms with Crippen molar-refractivity contribution in [3.63, 3.8) is 0 Å². The number of hydrogen-bond acceptors (Lipinski definition) is 6. The molecule has 1 heterocycles. The van der Waals surface area contributed by atoms with Crippen molar-refractivity contribution < 1.29 is 4.74 Å². The maximum Gasteiger partial charge on any atom is 0.204 e. The van der Waals surface area contributed by atoms with Crippen molar-refractivity contribution >= 4 is 16.7 Å². The zero-order valence-corrected chi connectivity index (χ0v) is 11.7. The highest BCUT2D eigenvalue weighted by Crippen LogP contribution is 2.15. The van der Waals surface area contributed by atoms with Crippen molar-refractivity contribution in [2.75, 3.05) is 45.3 Å². The summed E-state index contributed by atoms with van der Waals surface area (Å²) in [6.45, 7) is 5.65. The van der Waals surface area contributed by atoms with Crippen LogP contribution in [0.1, 0.15) is 19.2 Å². The lowest BCUT2D eigenvalue weighted by atomic mass is 10.3. The molecule has 5 nitrogen and oxygen atoms in total. The number of anilines is 1. The number of rotatable bonds is 9. The highest BCUT2D eigenvalue weighted by Gasteiger charge is 2.07. The van der Waals surface area contributed by atoms with Gasteiger partial charge in [-0.2, -0.15) is 4.37 Å². The summed E-state index contributed by atoms with van der Waals surface area (Å²) in [6, 6.07) is 0. The van der Waals surface area contributed by atoms with Gasteiger partial charge in [-0.3, -0.25) is 0 Å². The first-order chi connectivity index (χ1) is 8.27. The number of aryl methyl sites for hydroxylation is 1. The fraction of sp³-hybridized carbons (Fsp3) is 0.818. The molecule has 0 unspecified atom stereocenters. The maximum absolute atomic E-state index is 4.97. The predicted octanol–water partition coefficient (Wildman–Crippen LogP) is 1.16. The molecule has 0 atom stereocenters. The monoisotopic (exact) mass is 258 g/mol. The molecule has 1 rings (SSSR count). The highest BCUT2D eigenvalue weighted by atomic mass is 32.1. The Kier molecular flexibility index (Phi) is 7.07. The predicted molar refractivity (Wildman–Crippen MR) is 71.9 cm³/mol. The molecule has 0 saturated carbocycles. The minimum atomic E-state index is 0.753. The molecule has 0 aliphatic rings. The van der Waals surface area contributed by atoms with Gasteiger partial charge in [0.05, 0.1) is 6.61 Å². The Bertz CT molecular complexity index is 305. The van der Waals surface area contributed by atoms with Crippen molar-refractivity contribution in [3.05, 3.63) is 5.82 Å². The molecule has 98 valence electrons. The van der Waals surface area contributed by atoms with Gasteiger partial charge in [-0.15, -0.1) is 0 Å². The van der Waals surface area contributed by atoms with E-state index in [2.05, 4.69) is 26.5 Å². The number of hydrogen-bond donors (Lipinski definition) is 1. The molecule has 0 saturated heterocycles. The summed E-state index contributed by atoms with van der Waals surface area (Å²) in [5.74, 6) is 0.965. The molecule has 1 aromatic rings. The molecule has 17 heavy (non-hydrogen) atoms. The fourth-order valence-electron chi connectivity index (χ4n) is 1.37. The van der Waals surface area contributed by atoms with Crippen LogP contribution in [0.5, 0.6) is 0 Å². The summed E-state index contributed by atoms with van der Waals surface area (Å²) in [6.07, 6.45) is 2.06. The van der Waals surface area contributed by atoms with Gasteiger partial charge in [0, 0.05) is 51.7 Å². The smallest absolute Gasteiger partial charge is 0.204 e. The van der Waals surface area contributed by atoms with Gasteiger partial charge in [-0.25, -0.2) is 4.98 Å². The number of nitrogens with one attached hydrogen (secondary N) is 1. The van der Waals surface area contributed by atoms with Gasteiger partial charge in [0.2, 0.25) is 5.13 Å². The third kappa shape index (κ3) is 5.43. The second kappa shape index (κ2) is 8.38. The van der Waals surface area contributed by atoms with Crippen LogP contribution in [-0.2, 0) is 11.2 Å². The van der Waals surface area contributed by atoms with E-state index in [1.165, 1.54) is 11.5 Å². The Labute approximate surface area is 107 Å². The van der Waals surface area contributed by atoms with E-state index >= 15 is 0 Å². The summed E-state index contributed by atoms with van der Waals surface area (Å²) >= 11 is 1.48. The van der Waals surface area contributed by atoms with E-state index in [0.29, 0.717) is 0 Å². The van der Waals surface area contributed by atoms with E-state index in [1.54, 1.807) is 7.11 Å². The third-order valence-electron chi connectivity index (χ3n) is 2.36. The number of aromatic nitrogens is 2. The lowest BCUT2D eigenvalue weighted by Gasteiger charge is -2.15. The van der Waals surface area contributed by atoms with Crippen molar-refractivity contribution in [2.24, 2.45) is 0 Å². The molecule has 0 spiro atoms. The molecule has 1 aromatic heterocycles. The zero-order chi connectivity index (χ0) is 12.5. The van der Waals surface area contributed by atoms with Crippen LogP contribution in [0.25, 0.3) is 0 Å². The van der Waals surface area contributed by atoms with Crippen molar-refractivity contribution in [2.45, 2.75) is 19.8 Å². The molecule has 0 aliphatic carbocycles. The normalized spacial score (nSPS) is 10.8. The first-order valence-corrected chi connectivity index (χ1v) is 6.78. The number of methoxy groups -OCH3 is 1. The molecule has 0 bridgehead atoms. The van der Waals surface area contributed by atoms with Gasteiger partial charge in [-0.05, 0) is 6.42 Å². The molecule has 0 amide bonds. The molecule has 0 fully saturated rings. The van der Waals surface area contributed by atoms with E-state index in [1.807, 2.05) is 7.05 Å². The van der Waals surface area contributed by atoms with Gasteiger partial charge in [-0.1, -0.05) is 6.92 Å². The second-order valence-electron chi connectivity index (χ2n) is 3.91. The minimum absolute atomic E-state index is 0.753. The zero-order valence-electron chi connectivity index (χ0n) is 10.9. The van der Waals surface area contributed by atoms with Crippen LogP contribution in [0.15, 0.2) is 0 Å². The average Bonchev–Trinajstić information content (AvgIpc) is 2.78. The lowest BCUT2D eigenvalue weighted by Crippen LogP contribution is -2.30. The highest BCUT2D eigenvalue weighted by molar-refractivity contribution is 7.09. The quantitative estimate of drug-likeness (QED) is 0.674. The number of likely N-dealkylation sites (N-methyl/N-ethyl adjacent to an activating group) is 1. The molecule has 0 radical (unpaired) electrons. The Balaban J connectivity index is 2.23. The summed E-state index contributed by atoms with van der Waals surface area (Å²) < 4.78 is 9.30. The molecular formula is C11H22N4OS. The summed E-state index contributed by atoms with van der Waals surface area (Å²) in [7, 11) is 3.76. The van der Waals surface area contributed by atoms with E-state index in [-0.39, 0.29) is 0 Å². The summed E-state index contributed by atoms with van der Waals surface area (Å²) in [5.41, 5.74) is 0. The lowest BCUT2D eigenvalue weighted by molar-refractivity contribution is 0.200.